The molecule has 0 radical (unpaired) electrons. The van der Waals surface area contributed by atoms with Crippen molar-refractivity contribution in [3.05, 3.63) is 129 Å². The third kappa shape index (κ3) is 6.03. The number of ether oxygens (including phenoxy) is 2. The number of nitrogens with one attached hydrogen (secondary N) is 2. The Morgan fingerprint density at radius 2 is 1.67 bits per heavy atom. The fraction of sp³-hybridized carbons (Fsp3) is 0.0938. The lowest BCUT2D eigenvalue weighted by Crippen LogP contribution is -2.11. The number of aromatic amines is 1. The van der Waals surface area contributed by atoms with Crippen molar-refractivity contribution in [2.24, 2.45) is 7.05 Å². The third-order valence-corrected chi connectivity index (χ3v) is 7.56. The van der Waals surface area contributed by atoms with E-state index in [-0.39, 0.29) is 23.3 Å². The minimum atomic E-state index is -0.274. The van der Waals surface area contributed by atoms with Crippen molar-refractivity contribution >= 4 is 34.0 Å². The van der Waals surface area contributed by atoms with Gasteiger partial charge in [-0.25, -0.2) is 4.98 Å². The number of aromatic nitrogens is 3. The molecule has 1 amide bonds. The number of nitrogens with zero attached hydrogens (tertiary/aromatic N) is 2. The third-order valence-electron chi connectivity index (χ3n) is 6.69. The van der Waals surface area contributed by atoms with Gasteiger partial charge in [-0.15, -0.1) is 0 Å². The molecule has 9 nitrogen and oxygen atoms in total. The van der Waals surface area contributed by atoms with E-state index in [0.717, 1.165) is 33.8 Å². The Morgan fingerprint density at radius 1 is 0.952 bits per heavy atom. The number of thiazole rings is 1. The van der Waals surface area contributed by atoms with Gasteiger partial charge in [-0.1, -0.05) is 41.7 Å². The summed E-state index contributed by atoms with van der Waals surface area (Å²) in [7, 11) is 1.93. The second-order valence-corrected chi connectivity index (χ2v) is 10.6. The molecule has 2 heterocycles. The molecule has 4 aromatic carbocycles. The molecule has 0 saturated heterocycles. The van der Waals surface area contributed by atoms with Crippen LogP contribution in [0.4, 0.5) is 5.69 Å². The zero-order chi connectivity index (χ0) is 29.1. The summed E-state index contributed by atoms with van der Waals surface area (Å²) in [5.41, 5.74) is 3.95. The molecule has 0 aliphatic heterocycles. The van der Waals surface area contributed by atoms with Crippen LogP contribution < -0.4 is 19.7 Å². The number of rotatable bonds is 9. The van der Waals surface area contributed by atoms with Crippen LogP contribution >= 0.6 is 11.3 Å². The average Bonchev–Trinajstić information content (AvgIpc) is 3.50. The highest BCUT2D eigenvalue weighted by Gasteiger charge is 2.12. The second-order valence-electron chi connectivity index (χ2n) is 9.58. The second kappa shape index (κ2) is 11.6. The van der Waals surface area contributed by atoms with Gasteiger partial charge < -0.3 is 24.5 Å². The lowest BCUT2D eigenvalue weighted by atomic mass is 10.1. The Bertz CT molecular complexity index is 1910. The first-order chi connectivity index (χ1) is 20.4. The van der Waals surface area contributed by atoms with E-state index in [1.165, 1.54) is 0 Å². The molecule has 2 aromatic heterocycles. The van der Waals surface area contributed by atoms with E-state index in [1.807, 2.05) is 72.3 Å². The quantitative estimate of drug-likeness (QED) is 0.187. The van der Waals surface area contributed by atoms with Gasteiger partial charge >= 0.3 is 4.87 Å². The molecular weight excluding hydrogens is 552 g/mol. The maximum atomic E-state index is 12.4. The Morgan fingerprint density at radius 3 is 2.38 bits per heavy atom. The Kier molecular flexibility index (Phi) is 7.44. The van der Waals surface area contributed by atoms with Crippen LogP contribution in [-0.4, -0.2) is 25.5 Å². The van der Waals surface area contributed by atoms with Crippen molar-refractivity contribution in [3.8, 4) is 23.1 Å². The molecule has 0 fully saturated rings. The highest BCUT2D eigenvalue weighted by molar-refractivity contribution is 7.09. The molecule has 0 aliphatic carbocycles. The number of benzene rings is 4. The normalized spacial score (nSPS) is 11.0. The molecule has 0 aliphatic rings. The molecule has 6 aromatic rings. The van der Waals surface area contributed by atoms with Crippen molar-refractivity contribution in [1.29, 1.82) is 0 Å². The van der Waals surface area contributed by atoms with Gasteiger partial charge in [-0.05, 0) is 66.2 Å². The molecule has 0 bridgehead atoms. The van der Waals surface area contributed by atoms with Crippen LogP contribution in [-0.2, 0) is 20.1 Å². The van der Waals surface area contributed by atoms with Crippen molar-refractivity contribution < 1.29 is 19.4 Å². The number of fused-ring (bicyclic) bond motifs is 1. The molecular formula is C32H26N4O5S. The van der Waals surface area contributed by atoms with Crippen molar-refractivity contribution in [2.75, 3.05) is 5.32 Å². The van der Waals surface area contributed by atoms with Crippen LogP contribution in [0.25, 0.3) is 11.0 Å². The van der Waals surface area contributed by atoms with E-state index in [4.69, 9.17) is 14.5 Å². The molecule has 10 heteroatoms. The van der Waals surface area contributed by atoms with Gasteiger partial charge in [-0.2, -0.15) is 0 Å². The summed E-state index contributed by atoms with van der Waals surface area (Å²) in [5, 5.41) is 12.7. The maximum Gasteiger partial charge on any atom is 0.307 e. The fourth-order valence-corrected chi connectivity index (χ4v) is 5.21. The summed E-state index contributed by atoms with van der Waals surface area (Å²) in [5.74, 6) is 2.49. The van der Waals surface area contributed by atoms with Crippen LogP contribution in [0.1, 0.15) is 26.6 Å². The number of carbonyl (C=O) groups is 1. The van der Waals surface area contributed by atoms with Crippen LogP contribution in [0, 0.1) is 0 Å². The number of imidazole rings is 1. The van der Waals surface area contributed by atoms with Gasteiger partial charge in [-0.3, -0.25) is 14.6 Å². The van der Waals surface area contributed by atoms with Gasteiger partial charge in [0, 0.05) is 30.8 Å². The van der Waals surface area contributed by atoms with Crippen LogP contribution in [0.15, 0.2) is 102 Å². The number of H-pyrrole nitrogens is 1. The number of amides is 1. The van der Waals surface area contributed by atoms with Gasteiger partial charge in [0.15, 0.2) is 0 Å². The summed E-state index contributed by atoms with van der Waals surface area (Å²) >= 11 is 1.00. The predicted molar refractivity (Wildman–Crippen MR) is 162 cm³/mol. The van der Waals surface area contributed by atoms with Crippen molar-refractivity contribution in [1.82, 2.24) is 14.5 Å². The molecule has 0 unspecified atom stereocenters. The first-order valence-electron chi connectivity index (χ1n) is 13.1. The smallest absolute Gasteiger partial charge is 0.307 e. The van der Waals surface area contributed by atoms with Crippen molar-refractivity contribution in [3.63, 3.8) is 0 Å². The zero-order valence-electron chi connectivity index (χ0n) is 22.5. The Labute approximate surface area is 244 Å². The first kappa shape index (κ1) is 26.9. The number of hydrogen-bond donors (Lipinski definition) is 3. The number of carbonyl (C=O) groups excluding carboxylic acids is 1. The summed E-state index contributed by atoms with van der Waals surface area (Å²) in [6.45, 7) is 0.275. The largest absolute Gasteiger partial charge is 0.494 e. The SMILES string of the molecule is Cn1c(COc2ccc(Cc3sc(=O)[nH]c3O)cc2)nc2ccc(Oc3ccc(NC(=O)c4ccccc4)cc3)cc21. The number of aromatic hydroxyl groups is 1. The van der Waals surface area contributed by atoms with Crippen LogP contribution in [0.5, 0.6) is 23.1 Å². The molecule has 0 saturated carbocycles. The first-order valence-corrected chi connectivity index (χ1v) is 14.0. The predicted octanol–water partition coefficient (Wildman–Crippen LogP) is 6.24. The lowest BCUT2D eigenvalue weighted by Gasteiger charge is -2.09. The van der Waals surface area contributed by atoms with E-state index < -0.39 is 0 Å². The number of hydrogen-bond acceptors (Lipinski definition) is 7. The molecule has 210 valence electrons. The summed E-state index contributed by atoms with van der Waals surface area (Å²) < 4.78 is 14.0. The topological polar surface area (TPSA) is 118 Å². The Balaban J connectivity index is 1.08. The summed E-state index contributed by atoms with van der Waals surface area (Å²) in [4.78, 5) is 31.2. The van der Waals surface area contributed by atoms with Crippen LogP contribution in [0.3, 0.4) is 0 Å². The lowest BCUT2D eigenvalue weighted by molar-refractivity contribution is 0.102. The monoisotopic (exact) mass is 578 g/mol. The molecule has 42 heavy (non-hydrogen) atoms. The molecule has 3 N–H and O–H groups in total. The van der Waals surface area contributed by atoms with Gasteiger partial charge in [0.05, 0.1) is 15.9 Å². The minimum absolute atomic E-state index is 0.0804. The number of aryl methyl sites for hydroxylation is 1. The Hall–Kier alpha value is -5.35. The molecule has 0 spiro atoms. The van der Waals surface area contributed by atoms with Crippen LogP contribution in [0.2, 0.25) is 0 Å². The van der Waals surface area contributed by atoms with E-state index >= 15 is 0 Å². The average molecular weight is 579 g/mol. The summed E-state index contributed by atoms with van der Waals surface area (Å²) in [6, 6.07) is 29.5. The highest BCUT2D eigenvalue weighted by atomic mass is 32.1. The van der Waals surface area contributed by atoms with Crippen molar-refractivity contribution in [2.45, 2.75) is 13.0 Å². The van der Waals surface area contributed by atoms with Gasteiger partial charge in [0.25, 0.3) is 5.91 Å². The van der Waals surface area contributed by atoms with Gasteiger partial charge in [0.2, 0.25) is 5.88 Å². The zero-order valence-corrected chi connectivity index (χ0v) is 23.4. The molecule has 0 atom stereocenters. The van der Waals surface area contributed by atoms with Gasteiger partial charge in [0.1, 0.15) is 29.7 Å². The minimum Gasteiger partial charge on any atom is -0.494 e. The van der Waals surface area contributed by atoms with E-state index in [0.29, 0.717) is 39.8 Å². The van der Waals surface area contributed by atoms with E-state index in [2.05, 4.69) is 10.3 Å². The standard InChI is InChI=1S/C32H26N4O5S/c1-36-27-18-25(41-24-13-9-22(10-14-24)33-30(37)21-5-3-2-4-6-21)15-16-26(27)34-29(36)19-40-23-11-7-20(8-12-23)17-28-31(38)35-32(39)42-28/h2-16,18,38H,17,19H2,1H3,(H,33,37)(H,35,39). The highest BCUT2D eigenvalue weighted by Crippen LogP contribution is 2.28. The maximum absolute atomic E-state index is 12.4. The molecule has 6 rings (SSSR count). The van der Waals surface area contributed by atoms with E-state index in [1.54, 1.807) is 36.4 Å². The summed E-state index contributed by atoms with van der Waals surface area (Å²) in [6.07, 6.45) is 0.458. The fourth-order valence-electron chi connectivity index (χ4n) is 4.46. The number of anilines is 1. The van der Waals surface area contributed by atoms with E-state index in [9.17, 15) is 14.7 Å².